The maximum Gasteiger partial charge on any atom is 0.435 e. The summed E-state index contributed by atoms with van der Waals surface area (Å²) in [6.07, 6.45) is -2.23. The number of aromatic amines is 1. The quantitative estimate of drug-likeness (QED) is 0.815. The molecule has 15 heavy (non-hydrogen) atoms. The van der Waals surface area contributed by atoms with Crippen molar-refractivity contribution < 1.29 is 18.3 Å². The molecule has 0 aliphatic heterocycles. The summed E-state index contributed by atoms with van der Waals surface area (Å²) in [7, 11) is 0. The number of aromatic nitrogens is 2. The van der Waals surface area contributed by atoms with Crippen LogP contribution in [0.2, 0.25) is 0 Å². The molecule has 0 spiro atoms. The third-order valence-corrected chi connectivity index (χ3v) is 2.78. The van der Waals surface area contributed by atoms with Crippen LogP contribution in [0.1, 0.15) is 24.2 Å². The Morgan fingerprint density at radius 2 is 2.13 bits per heavy atom. The van der Waals surface area contributed by atoms with E-state index in [9.17, 15) is 13.2 Å². The van der Waals surface area contributed by atoms with Crippen molar-refractivity contribution in [3.8, 4) is 0 Å². The summed E-state index contributed by atoms with van der Waals surface area (Å²) in [5, 5.41) is 14.6. The first kappa shape index (κ1) is 10.5. The number of hydrogen-bond acceptors (Lipinski definition) is 2. The molecule has 0 bridgehead atoms. The normalized spacial score (nSPS) is 19.2. The van der Waals surface area contributed by atoms with E-state index in [2.05, 4.69) is 10.2 Å². The van der Waals surface area contributed by atoms with Crippen LogP contribution in [0.15, 0.2) is 6.07 Å². The van der Waals surface area contributed by atoms with Crippen molar-refractivity contribution in [1.82, 2.24) is 10.2 Å². The van der Waals surface area contributed by atoms with Crippen LogP contribution >= 0.6 is 0 Å². The summed E-state index contributed by atoms with van der Waals surface area (Å²) in [4.78, 5) is 0. The number of aliphatic hydroxyl groups is 1. The zero-order valence-electron chi connectivity index (χ0n) is 7.93. The molecule has 1 aromatic rings. The van der Waals surface area contributed by atoms with Gasteiger partial charge in [-0.15, -0.1) is 0 Å². The lowest BCUT2D eigenvalue weighted by Crippen LogP contribution is -2.10. The van der Waals surface area contributed by atoms with Crippen molar-refractivity contribution >= 4 is 0 Å². The van der Waals surface area contributed by atoms with Gasteiger partial charge in [-0.2, -0.15) is 18.3 Å². The SMILES string of the molecule is OCC1(Cc2cc(C(F)(F)F)n[nH]2)CC1. The summed E-state index contributed by atoms with van der Waals surface area (Å²) >= 11 is 0. The maximum absolute atomic E-state index is 12.2. The van der Waals surface area contributed by atoms with E-state index in [4.69, 9.17) is 5.11 Å². The van der Waals surface area contributed by atoms with Crippen molar-refractivity contribution in [2.75, 3.05) is 6.61 Å². The van der Waals surface area contributed by atoms with E-state index in [1.165, 1.54) is 0 Å². The van der Waals surface area contributed by atoms with Crippen LogP contribution in [0.5, 0.6) is 0 Å². The highest BCUT2D eigenvalue weighted by Gasteiger charge is 2.43. The molecular weight excluding hydrogens is 209 g/mol. The summed E-state index contributed by atoms with van der Waals surface area (Å²) < 4.78 is 36.6. The number of nitrogens with zero attached hydrogens (tertiary/aromatic N) is 1. The van der Waals surface area contributed by atoms with Crippen LogP contribution in [0.25, 0.3) is 0 Å². The first-order valence-electron chi connectivity index (χ1n) is 4.68. The lowest BCUT2D eigenvalue weighted by Gasteiger charge is -2.08. The van der Waals surface area contributed by atoms with Crippen LogP contribution in [-0.4, -0.2) is 21.9 Å². The highest BCUT2D eigenvalue weighted by molar-refractivity contribution is 5.15. The number of nitrogens with one attached hydrogen (secondary N) is 1. The van der Waals surface area contributed by atoms with Gasteiger partial charge in [0.05, 0.1) is 0 Å². The van der Waals surface area contributed by atoms with Crippen LogP contribution in [0.4, 0.5) is 13.2 Å². The van der Waals surface area contributed by atoms with E-state index in [0.29, 0.717) is 12.1 Å². The fourth-order valence-electron chi connectivity index (χ4n) is 1.57. The van der Waals surface area contributed by atoms with Crippen molar-refractivity contribution in [1.29, 1.82) is 0 Å². The molecule has 0 amide bonds. The van der Waals surface area contributed by atoms with E-state index < -0.39 is 11.9 Å². The molecule has 1 fully saturated rings. The van der Waals surface area contributed by atoms with E-state index in [1.54, 1.807) is 0 Å². The molecule has 0 aromatic carbocycles. The average molecular weight is 220 g/mol. The van der Waals surface area contributed by atoms with E-state index in [1.807, 2.05) is 0 Å². The Kier molecular flexibility index (Phi) is 2.26. The Morgan fingerprint density at radius 1 is 1.47 bits per heavy atom. The Hall–Kier alpha value is -1.04. The molecule has 0 atom stereocenters. The van der Waals surface area contributed by atoms with Gasteiger partial charge < -0.3 is 5.11 Å². The minimum Gasteiger partial charge on any atom is -0.396 e. The maximum atomic E-state index is 12.2. The molecule has 2 N–H and O–H groups in total. The monoisotopic (exact) mass is 220 g/mol. The summed E-state index contributed by atoms with van der Waals surface area (Å²) in [6, 6.07) is 1.01. The predicted octanol–water partition coefficient (Wildman–Crippen LogP) is 1.74. The van der Waals surface area contributed by atoms with E-state index >= 15 is 0 Å². The smallest absolute Gasteiger partial charge is 0.396 e. The van der Waals surface area contributed by atoms with Gasteiger partial charge in [0, 0.05) is 12.3 Å². The molecule has 0 unspecified atom stereocenters. The topological polar surface area (TPSA) is 48.9 Å². The lowest BCUT2D eigenvalue weighted by atomic mass is 10.0. The third-order valence-electron chi connectivity index (χ3n) is 2.78. The minimum absolute atomic E-state index is 0.0212. The zero-order chi connectivity index (χ0) is 11.1. The lowest BCUT2D eigenvalue weighted by molar-refractivity contribution is -0.141. The molecule has 0 saturated heterocycles. The molecule has 0 radical (unpaired) electrons. The Labute approximate surface area is 84.3 Å². The van der Waals surface area contributed by atoms with E-state index in [-0.39, 0.29) is 12.0 Å². The first-order valence-corrected chi connectivity index (χ1v) is 4.68. The molecule has 1 aliphatic carbocycles. The number of alkyl halides is 3. The number of halogens is 3. The molecule has 1 aliphatic rings. The van der Waals surface area contributed by atoms with Crippen LogP contribution in [0.3, 0.4) is 0 Å². The second kappa shape index (κ2) is 3.23. The highest BCUT2D eigenvalue weighted by Crippen LogP contribution is 2.47. The standard InChI is InChI=1S/C9H11F3N2O/c10-9(11,12)7-3-6(13-14-7)4-8(5-15)1-2-8/h3,15H,1-2,4-5H2,(H,13,14). The Bertz CT molecular complexity index is 354. The van der Waals surface area contributed by atoms with Gasteiger partial charge in [-0.3, -0.25) is 5.10 Å². The summed E-state index contributed by atoms with van der Waals surface area (Å²) in [5.41, 5.74) is -0.657. The van der Waals surface area contributed by atoms with Crippen LogP contribution in [-0.2, 0) is 12.6 Å². The molecule has 84 valence electrons. The highest BCUT2D eigenvalue weighted by atomic mass is 19.4. The second-order valence-electron chi connectivity index (χ2n) is 4.11. The largest absolute Gasteiger partial charge is 0.435 e. The molecule has 6 heteroatoms. The third kappa shape index (κ3) is 2.14. The summed E-state index contributed by atoms with van der Waals surface area (Å²) in [5.74, 6) is 0. The van der Waals surface area contributed by atoms with Crippen LogP contribution in [0, 0.1) is 5.41 Å². The van der Waals surface area contributed by atoms with Crippen molar-refractivity contribution in [3.63, 3.8) is 0 Å². The zero-order valence-corrected chi connectivity index (χ0v) is 7.93. The summed E-state index contributed by atoms with van der Waals surface area (Å²) in [6.45, 7) is 0.0212. The number of hydrogen-bond donors (Lipinski definition) is 2. The second-order valence-corrected chi connectivity index (χ2v) is 4.11. The van der Waals surface area contributed by atoms with Crippen LogP contribution < -0.4 is 0 Å². The van der Waals surface area contributed by atoms with Gasteiger partial charge in [-0.25, -0.2) is 0 Å². The molecule has 3 nitrogen and oxygen atoms in total. The van der Waals surface area contributed by atoms with Gasteiger partial charge in [0.25, 0.3) is 0 Å². The predicted molar refractivity (Wildman–Crippen MR) is 46.0 cm³/mol. The Morgan fingerprint density at radius 3 is 2.53 bits per heavy atom. The van der Waals surface area contributed by atoms with Gasteiger partial charge in [0.2, 0.25) is 0 Å². The van der Waals surface area contributed by atoms with Gasteiger partial charge in [-0.1, -0.05) is 0 Å². The first-order chi connectivity index (χ1) is 6.95. The molecular formula is C9H11F3N2O. The fraction of sp³-hybridized carbons (Fsp3) is 0.667. The molecule has 2 rings (SSSR count). The van der Waals surface area contributed by atoms with Gasteiger partial charge in [-0.05, 0) is 30.7 Å². The average Bonchev–Trinajstić information content (AvgIpc) is 2.73. The van der Waals surface area contributed by atoms with Crippen molar-refractivity contribution in [2.24, 2.45) is 5.41 Å². The molecule has 1 saturated carbocycles. The molecule has 1 aromatic heterocycles. The van der Waals surface area contributed by atoms with Gasteiger partial charge >= 0.3 is 6.18 Å². The fourth-order valence-corrected chi connectivity index (χ4v) is 1.57. The van der Waals surface area contributed by atoms with Gasteiger partial charge in [0.1, 0.15) is 0 Å². The van der Waals surface area contributed by atoms with Crippen molar-refractivity contribution in [2.45, 2.75) is 25.4 Å². The number of rotatable bonds is 3. The number of aliphatic hydroxyl groups excluding tert-OH is 1. The van der Waals surface area contributed by atoms with Crippen molar-refractivity contribution in [3.05, 3.63) is 17.5 Å². The molecule has 1 heterocycles. The Balaban J connectivity index is 2.08. The number of H-pyrrole nitrogens is 1. The minimum atomic E-state index is -4.40. The van der Waals surface area contributed by atoms with E-state index in [0.717, 1.165) is 18.9 Å². The van der Waals surface area contributed by atoms with Gasteiger partial charge in [0.15, 0.2) is 5.69 Å².